The molecule has 5 amide bonds. The van der Waals surface area contributed by atoms with Gasteiger partial charge in [0.25, 0.3) is 17.7 Å². The van der Waals surface area contributed by atoms with Crippen LogP contribution in [0.2, 0.25) is 0 Å². The number of nitrogens with zero attached hydrogens (tertiary/aromatic N) is 4. The molecule has 4 heterocycles. The second kappa shape index (κ2) is 11.0. The first kappa shape index (κ1) is 26.5. The van der Waals surface area contributed by atoms with E-state index in [1.165, 1.54) is 0 Å². The van der Waals surface area contributed by atoms with Gasteiger partial charge in [0.05, 0.1) is 6.04 Å². The molecule has 6 rings (SSSR count). The molecule has 2 aromatic carbocycles. The third-order valence-electron chi connectivity index (χ3n) is 8.03. The first-order chi connectivity index (χ1) is 19.9. The van der Waals surface area contributed by atoms with Crippen LogP contribution in [-0.2, 0) is 9.59 Å². The summed E-state index contributed by atoms with van der Waals surface area (Å²) in [5.41, 5.74) is 0.222. The second-order valence-corrected chi connectivity index (χ2v) is 10.6. The van der Waals surface area contributed by atoms with Crippen molar-refractivity contribution in [2.24, 2.45) is 0 Å². The number of hydrogen-bond acceptors (Lipinski definition) is 7. The second-order valence-electron chi connectivity index (χ2n) is 10.6. The number of imide groups is 1. The Kier molecular flexibility index (Phi) is 7.12. The summed E-state index contributed by atoms with van der Waals surface area (Å²) in [5, 5.41) is 12.4. The van der Waals surface area contributed by atoms with Crippen LogP contribution in [0.3, 0.4) is 0 Å². The van der Waals surface area contributed by atoms with Gasteiger partial charge < -0.3 is 19.9 Å². The Hall–Kier alpha value is -4.74. The van der Waals surface area contributed by atoms with Gasteiger partial charge in [0, 0.05) is 30.8 Å². The third-order valence-corrected chi connectivity index (χ3v) is 8.03. The van der Waals surface area contributed by atoms with Crippen LogP contribution in [0, 0.1) is 0 Å². The van der Waals surface area contributed by atoms with Crippen LogP contribution < -0.4 is 15.4 Å². The molecule has 0 aliphatic carbocycles. The van der Waals surface area contributed by atoms with Crippen molar-refractivity contribution in [2.45, 2.75) is 43.7 Å². The maximum absolute atomic E-state index is 13.3. The number of aromatic nitrogens is 3. The van der Waals surface area contributed by atoms with E-state index in [1.807, 2.05) is 36.4 Å². The lowest BCUT2D eigenvalue weighted by Gasteiger charge is -2.37. The number of nitrogens with one attached hydrogen (secondary N) is 3. The Balaban J connectivity index is 1.12. The third kappa shape index (κ3) is 5.37. The average Bonchev–Trinajstić information content (AvgIpc) is 3.61. The van der Waals surface area contributed by atoms with Crippen LogP contribution in [0.25, 0.3) is 11.4 Å². The van der Waals surface area contributed by atoms with Gasteiger partial charge in [0.1, 0.15) is 17.1 Å². The SMILES string of the molecule is O=C1NC(=O)C2(CCN(C(=O)c3cccc(-c4n[nH]c(C5CCCCN5C(=O)COc5ccccc5)n4)c3)CC2)N1. The topological polar surface area (TPSA) is 150 Å². The minimum Gasteiger partial charge on any atom is -0.484 e. The number of ether oxygens (including phenoxy) is 1. The molecule has 1 unspecified atom stereocenters. The van der Waals surface area contributed by atoms with Gasteiger partial charge in [-0.15, -0.1) is 0 Å². The molecule has 12 nitrogen and oxygen atoms in total. The number of benzene rings is 2. The quantitative estimate of drug-likeness (QED) is 0.394. The molecular formula is C29H31N7O5. The van der Waals surface area contributed by atoms with Crippen molar-refractivity contribution in [1.29, 1.82) is 0 Å². The van der Waals surface area contributed by atoms with Gasteiger partial charge >= 0.3 is 6.03 Å². The number of urea groups is 1. The van der Waals surface area contributed by atoms with E-state index in [9.17, 15) is 19.2 Å². The lowest BCUT2D eigenvalue weighted by Crippen LogP contribution is -2.55. The fraction of sp³-hybridized carbons (Fsp3) is 0.379. The molecule has 1 aromatic heterocycles. The van der Waals surface area contributed by atoms with E-state index in [1.54, 1.807) is 28.0 Å². The van der Waals surface area contributed by atoms with E-state index in [0.717, 1.165) is 19.3 Å². The predicted octanol–water partition coefficient (Wildman–Crippen LogP) is 2.42. The summed E-state index contributed by atoms with van der Waals surface area (Å²) in [6, 6.07) is 15.6. The Morgan fingerprint density at radius 2 is 1.80 bits per heavy atom. The molecule has 0 bridgehead atoms. The van der Waals surface area contributed by atoms with Crippen LogP contribution in [0.1, 0.15) is 54.3 Å². The molecule has 41 heavy (non-hydrogen) atoms. The van der Waals surface area contributed by atoms with E-state index < -0.39 is 11.6 Å². The maximum Gasteiger partial charge on any atom is 0.322 e. The fourth-order valence-corrected chi connectivity index (χ4v) is 5.76. The Morgan fingerprint density at radius 3 is 2.56 bits per heavy atom. The molecule has 0 radical (unpaired) electrons. The van der Waals surface area contributed by atoms with Crippen molar-refractivity contribution < 1.29 is 23.9 Å². The number of carbonyl (C=O) groups excluding carboxylic acids is 4. The predicted molar refractivity (Wildman–Crippen MR) is 147 cm³/mol. The first-order valence-electron chi connectivity index (χ1n) is 13.8. The number of aromatic amines is 1. The van der Waals surface area contributed by atoms with E-state index in [2.05, 4.69) is 20.8 Å². The monoisotopic (exact) mass is 557 g/mol. The van der Waals surface area contributed by atoms with Gasteiger partial charge in [0.15, 0.2) is 12.4 Å². The van der Waals surface area contributed by atoms with E-state index in [-0.39, 0.29) is 30.4 Å². The number of carbonyl (C=O) groups is 4. The van der Waals surface area contributed by atoms with Gasteiger partial charge in [-0.05, 0) is 56.4 Å². The summed E-state index contributed by atoms with van der Waals surface area (Å²) in [5.74, 6) is 1.08. The minimum absolute atomic E-state index is 0.0552. The molecule has 3 N–H and O–H groups in total. The minimum atomic E-state index is -0.937. The van der Waals surface area contributed by atoms with Gasteiger partial charge in [-0.2, -0.15) is 5.10 Å². The molecule has 0 saturated carbocycles. The Bertz CT molecular complexity index is 1460. The van der Waals surface area contributed by atoms with Gasteiger partial charge in [-0.25, -0.2) is 9.78 Å². The van der Waals surface area contributed by atoms with Gasteiger partial charge in [-0.1, -0.05) is 30.3 Å². The lowest BCUT2D eigenvalue weighted by molar-refractivity contribution is -0.137. The molecule has 3 saturated heterocycles. The molecular weight excluding hydrogens is 526 g/mol. The summed E-state index contributed by atoms with van der Waals surface area (Å²) in [4.78, 5) is 58.4. The molecule has 3 aromatic rings. The van der Waals surface area contributed by atoms with E-state index >= 15 is 0 Å². The van der Waals surface area contributed by atoms with Crippen molar-refractivity contribution >= 4 is 23.8 Å². The number of likely N-dealkylation sites (tertiary alicyclic amines) is 2. The van der Waals surface area contributed by atoms with Crippen molar-refractivity contribution in [1.82, 2.24) is 35.6 Å². The summed E-state index contributed by atoms with van der Waals surface area (Å²) in [6.07, 6.45) is 3.35. The van der Waals surface area contributed by atoms with Gasteiger partial charge in [0.2, 0.25) is 0 Å². The molecule has 212 valence electrons. The standard InChI is InChI=1S/C29H31N7O5/c37-23(18-41-21-9-2-1-3-10-21)36-14-5-4-11-22(36)25-30-24(33-34-25)19-7-6-8-20(17-19)26(38)35-15-12-29(13-16-35)27(39)31-28(40)32-29/h1-3,6-10,17,22H,4-5,11-16,18H2,(H,30,33,34)(H2,31,32,39,40). The fourth-order valence-electron chi connectivity index (χ4n) is 5.76. The number of H-pyrrole nitrogens is 1. The average molecular weight is 558 g/mol. The molecule has 1 atom stereocenters. The highest BCUT2D eigenvalue weighted by molar-refractivity contribution is 6.07. The molecule has 3 aliphatic rings. The normalized spacial score (nSPS) is 20.0. The largest absolute Gasteiger partial charge is 0.484 e. The highest BCUT2D eigenvalue weighted by atomic mass is 16.5. The highest BCUT2D eigenvalue weighted by Gasteiger charge is 2.48. The highest BCUT2D eigenvalue weighted by Crippen LogP contribution is 2.31. The molecule has 12 heteroatoms. The van der Waals surface area contributed by atoms with Crippen LogP contribution in [-0.4, -0.2) is 80.5 Å². The van der Waals surface area contributed by atoms with Crippen molar-refractivity contribution in [3.63, 3.8) is 0 Å². The van der Waals surface area contributed by atoms with Crippen molar-refractivity contribution in [3.8, 4) is 17.1 Å². The number of amides is 5. The van der Waals surface area contributed by atoms with E-state index in [4.69, 9.17) is 9.72 Å². The zero-order valence-corrected chi connectivity index (χ0v) is 22.5. The van der Waals surface area contributed by atoms with Crippen LogP contribution >= 0.6 is 0 Å². The van der Waals surface area contributed by atoms with Crippen LogP contribution in [0.4, 0.5) is 4.79 Å². The van der Waals surface area contributed by atoms with Crippen molar-refractivity contribution in [3.05, 3.63) is 66.0 Å². The number of piperidine rings is 2. The number of rotatable bonds is 6. The smallest absolute Gasteiger partial charge is 0.322 e. The Labute approximate surface area is 236 Å². The van der Waals surface area contributed by atoms with Crippen LogP contribution in [0.5, 0.6) is 5.75 Å². The van der Waals surface area contributed by atoms with Crippen molar-refractivity contribution in [2.75, 3.05) is 26.2 Å². The zero-order chi connectivity index (χ0) is 28.4. The number of hydrogen-bond donors (Lipinski definition) is 3. The lowest BCUT2D eigenvalue weighted by atomic mass is 9.87. The molecule has 1 spiro atoms. The van der Waals surface area contributed by atoms with E-state index in [0.29, 0.717) is 61.0 Å². The first-order valence-corrected chi connectivity index (χ1v) is 13.8. The summed E-state index contributed by atoms with van der Waals surface area (Å²) in [6.45, 7) is 1.26. The summed E-state index contributed by atoms with van der Waals surface area (Å²) < 4.78 is 5.69. The van der Waals surface area contributed by atoms with Crippen LogP contribution in [0.15, 0.2) is 54.6 Å². The number of para-hydroxylation sites is 1. The molecule has 3 fully saturated rings. The molecule has 3 aliphatic heterocycles. The summed E-state index contributed by atoms with van der Waals surface area (Å²) in [7, 11) is 0. The summed E-state index contributed by atoms with van der Waals surface area (Å²) >= 11 is 0. The Morgan fingerprint density at radius 1 is 1.00 bits per heavy atom. The van der Waals surface area contributed by atoms with Gasteiger partial charge in [-0.3, -0.25) is 24.8 Å². The zero-order valence-electron chi connectivity index (χ0n) is 22.5. The maximum atomic E-state index is 13.3.